The minimum absolute atomic E-state index is 0.857. The molecule has 4 rings (SSSR count). The summed E-state index contributed by atoms with van der Waals surface area (Å²) in [5.74, 6) is 0.857. The standard InChI is InChI=1S/C23H22N2O/c1-3-16-25-23-20(17-8-5-4-6-9-17)10-7-11-21(23)22(24-25)18-12-14-19(26-2)15-13-18/h4-15H,3,16H2,1-2H3. The molecule has 0 radical (unpaired) electrons. The minimum atomic E-state index is 0.857. The highest BCUT2D eigenvalue weighted by molar-refractivity contribution is 6.01. The van der Waals surface area contributed by atoms with Crippen molar-refractivity contribution in [2.75, 3.05) is 7.11 Å². The molecule has 0 saturated heterocycles. The van der Waals surface area contributed by atoms with E-state index in [0.29, 0.717) is 0 Å². The number of para-hydroxylation sites is 1. The van der Waals surface area contributed by atoms with E-state index in [0.717, 1.165) is 30.0 Å². The summed E-state index contributed by atoms with van der Waals surface area (Å²) < 4.78 is 7.44. The van der Waals surface area contributed by atoms with Gasteiger partial charge in [-0.2, -0.15) is 5.10 Å². The summed E-state index contributed by atoms with van der Waals surface area (Å²) in [6, 6.07) is 25.1. The van der Waals surface area contributed by atoms with Gasteiger partial charge in [0, 0.05) is 23.1 Å². The second kappa shape index (κ2) is 7.04. The first-order valence-corrected chi connectivity index (χ1v) is 9.01. The lowest BCUT2D eigenvalue weighted by Gasteiger charge is -2.07. The molecule has 130 valence electrons. The van der Waals surface area contributed by atoms with Crippen LogP contribution >= 0.6 is 0 Å². The van der Waals surface area contributed by atoms with Gasteiger partial charge in [-0.05, 0) is 36.2 Å². The molecule has 0 aliphatic carbocycles. The lowest BCUT2D eigenvalue weighted by molar-refractivity contribution is 0.415. The molecule has 1 heterocycles. The molecule has 4 aromatic rings. The average molecular weight is 342 g/mol. The molecule has 0 spiro atoms. The van der Waals surface area contributed by atoms with E-state index >= 15 is 0 Å². The maximum atomic E-state index is 5.29. The Hall–Kier alpha value is -3.07. The fourth-order valence-corrected chi connectivity index (χ4v) is 3.42. The number of rotatable bonds is 5. The van der Waals surface area contributed by atoms with Crippen molar-refractivity contribution in [3.8, 4) is 28.1 Å². The van der Waals surface area contributed by atoms with E-state index in [2.05, 4.69) is 72.3 Å². The smallest absolute Gasteiger partial charge is 0.118 e. The summed E-state index contributed by atoms with van der Waals surface area (Å²) in [5, 5.41) is 6.15. The zero-order valence-electron chi connectivity index (χ0n) is 15.1. The van der Waals surface area contributed by atoms with Gasteiger partial charge in [-0.3, -0.25) is 4.68 Å². The maximum Gasteiger partial charge on any atom is 0.118 e. The third-order valence-electron chi connectivity index (χ3n) is 4.65. The molecule has 26 heavy (non-hydrogen) atoms. The van der Waals surface area contributed by atoms with Crippen molar-refractivity contribution in [1.29, 1.82) is 0 Å². The van der Waals surface area contributed by atoms with Crippen molar-refractivity contribution in [2.45, 2.75) is 19.9 Å². The number of fused-ring (bicyclic) bond motifs is 1. The first kappa shape index (κ1) is 16.4. The van der Waals surface area contributed by atoms with Crippen LogP contribution in [0, 0.1) is 0 Å². The number of hydrogen-bond donors (Lipinski definition) is 0. The molecule has 0 aliphatic heterocycles. The summed E-state index contributed by atoms with van der Waals surface area (Å²) in [7, 11) is 1.69. The normalized spacial score (nSPS) is 11.0. The monoisotopic (exact) mass is 342 g/mol. The van der Waals surface area contributed by atoms with Crippen LogP contribution in [0.1, 0.15) is 13.3 Å². The minimum Gasteiger partial charge on any atom is -0.497 e. The van der Waals surface area contributed by atoms with Gasteiger partial charge in [0.25, 0.3) is 0 Å². The zero-order chi connectivity index (χ0) is 17.9. The van der Waals surface area contributed by atoms with E-state index in [9.17, 15) is 0 Å². The van der Waals surface area contributed by atoms with E-state index in [-0.39, 0.29) is 0 Å². The van der Waals surface area contributed by atoms with Crippen LogP contribution in [0.4, 0.5) is 0 Å². The Bertz CT molecular complexity index is 1020. The molecule has 0 N–H and O–H groups in total. The molecule has 0 atom stereocenters. The second-order valence-electron chi connectivity index (χ2n) is 6.37. The molecule has 3 heteroatoms. The van der Waals surface area contributed by atoms with Crippen molar-refractivity contribution < 1.29 is 4.74 Å². The van der Waals surface area contributed by atoms with Gasteiger partial charge in [-0.15, -0.1) is 0 Å². The quantitative estimate of drug-likeness (QED) is 0.459. The van der Waals surface area contributed by atoms with Crippen LogP contribution < -0.4 is 4.74 Å². The Morgan fingerprint density at radius 1 is 0.846 bits per heavy atom. The van der Waals surface area contributed by atoms with Crippen LogP contribution in [0.25, 0.3) is 33.3 Å². The Kier molecular flexibility index (Phi) is 4.44. The lowest BCUT2D eigenvalue weighted by atomic mass is 10.0. The number of methoxy groups -OCH3 is 1. The fourth-order valence-electron chi connectivity index (χ4n) is 3.42. The number of aromatic nitrogens is 2. The Labute approximate surface area is 153 Å². The number of ether oxygens (including phenoxy) is 1. The molecule has 1 aromatic heterocycles. The molecule has 0 unspecified atom stereocenters. The van der Waals surface area contributed by atoms with Crippen LogP contribution in [0.3, 0.4) is 0 Å². The Balaban J connectivity index is 1.95. The number of benzene rings is 3. The summed E-state index contributed by atoms with van der Waals surface area (Å²) in [6.07, 6.45) is 1.04. The van der Waals surface area contributed by atoms with Gasteiger partial charge >= 0.3 is 0 Å². The lowest BCUT2D eigenvalue weighted by Crippen LogP contribution is -2.00. The Morgan fingerprint density at radius 2 is 1.62 bits per heavy atom. The number of hydrogen-bond acceptors (Lipinski definition) is 2. The molecule has 3 nitrogen and oxygen atoms in total. The highest BCUT2D eigenvalue weighted by Gasteiger charge is 2.16. The topological polar surface area (TPSA) is 27.1 Å². The van der Waals surface area contributed by atoms with Crippen LogP contribution in [0.2, 0.25) is 0 Å². The van der Waals surface area contributed by atoms with Crippen LogP contribution in [-0.2, 0) is 6.54 Å². The molecule has 0 bridgehead atoms. The van der Waals surface area contributed by atoms with E-state index in [4.69, 9.17) is 9.84 Å². The molecule has 0 aliphatic rings. The highest BCUT2D eigenvalue weighted by atomic mass is 16.5. The molecular weight excluding hydrogens is 320 g/mol. The summed E-state index contributed by atoms with van der Waals surface area (Å²) in [6.45, 7) is 3.09. The average Bonchev–Trinajstić information content (AvgIpc) is 3.08. The molecule has 0 fully saturated rings. The van der Waals surface area contributed by atoms with Crippen LogP contribution in [-0.4, -0.2) is 16.9 Å². The predicted molar refractivity (Wildman–Crippen MR) is 107 cm³/mol. The van der Waals surface area contributed by atoms with Gasteiger partial charge in [-0.25, -0.2) is 0 Å². The number of nitrogens with zero attached hydrogens (tertiary/aromatic N) is 2. The van der Waals surface area contributed by atoms with Gasteiger partial charge < -0.3 is 4.74 Å². The van der Waals surface area contributed by atoms with Crippen molar-refractivity contribution in [2.24, 2.45) is 0 Å². The third-order valence-corrected chi connectivity index (χ3v) is 4.65. The third kappa shape index (κ3) is 2.86. The summed E-state index contributed by atoms with van der Waals surface area (Å²) in [4.78, 5) is 0. The van der Waals surface area contributed by atoms with Gasteiger partial charge in [0.15, 0.2) is 0 Å². The Morgan fingerprint density at radius 3 is 2.31 bits per heavy atom. The summed E-state index contributed by atoms with van der Waals surface area (Å²) in [5.41, 5.74) is 5.77. The van der Waals surface area contributed by atoms with E-state index in [1.165, 1.54) is 22.0 Å². The number of aryl methyl sites for hydroxylation is 1. The van der Waals surface area contributed by atoms with Gasteiger partial charge in [0.05, 0.1) is 12.6 Å². The maximum absolute atomic E-state index is 5.29. The highest BCUT2D eigenvalue weighted by Crippen LogP contribution is 2.35. The molecule has 3 aromatic carbocycles. The van der Waals surface area contributed by atoms with Crippen LogP contribution in [0.15, 0.2) is 72.8 Å². The van der Waals surface area contributed by atoms with E-state index in [1.807, 2.05) is 12.1 Å². The van der Waals surface area contributed by atoms with E-state index < -0.39 is 0 Å². The van der Waals surface area contributed by atoms with Crippen LogP contribution in [0.5, 0.6) is 5.75 Å². The van der Waals surface area contributed by atoms with E-state index in [1.54, 1.807) is 7.11 Å². The molecule has 0 amide bonds. The largest absolute Gasteiger partial charge is 0.497 e. The second-order valence-corrected chi connectivity index (χ2v) is 6.37. The first-order chi connectivity index (χ1) is 12.8. The van der Waals surface area contributed by atoms with Crippen molar-refractivity contribution >= 4 is 10.9 Å². The van der Waals surface area contributed by atoms with Crippen molar-refractivity contribution in [1.82, 2.24) is 9.78 Å². The van der Waals surface area contributed by atoms with Gasteiger partial charge in [-0.1, -0.05) is 55.5 Å². The first-order valence-electron chi connectivity index (χ1n) is 9.01. The zero-order valence-corrected chi connectivity index (χ0v) is 15.1. The predicted octanol–water partition coefficient (Wildman–Crippen LogP) is 5.79. The molecular formula is C23H22N2O. The molecule has 0 saturated carbocycles. The van der Waals surface area contributed by atoms with Crippen molar-refractivity contribution in [3.63, 3.8) is 0 Å². The van der Waals surface area contributed by atoms with Gasteiger partial charge in [0.1, 0.15) is 11.4 Å². The van der Waals surface area contributed by atoms with Gasteiger partial charge in [0.2, 0.25) is 0 Å². The SMILES string of the molecule is CCCn1nc(-c2ccc(OC)cc2)c2cccc(-c3ccccc3)c21. The van der Waals surface area contributed by atoms with Crippen molar-refractivity contribution in [3.05, 3.63) is 72.8 Å². The summed E-state index contributed by atoms with van der Waals surface area (Å²) >= 11 is 0. The fraction of sp³-hybridized carbons (Fsp3) is 0.174.